The summed E-state index contributed by atoms with van der Waals surface area (Å²) in [7, 11) is 2.84. The SMILES string of the molecule is COc1cc(NC(=O)c2ccn3cc(-c4ccccc4)nc3c2)c(C(=O)O)cc1OC. The van der Waals surface area contributed by atoms with Crippen molar-refractivity contribution in [2.75, 3.05) is 19.5 Å². The number of nitrogens with zero attached hydrogens (tertiary/aromatic N) is 2. The lowest BCUT2D eigenvalue weighted by atomic mass is 10.1. The predicted octanol–water partition coefficient (Wildman–Crippen LogP) is 3.97. The number of amides is 1. The molecule has 0 fully saturated rings. The molecule has 0 saturated heterocycles. The van der Waals surface area contributed by atoms with E-state index in [1.54, 1.807) is 18.3 Å². The molecule has 0 unspecified atom stereocenters. The van der Waals surface area contributed by atoms with E-state index in [4.69, 9.17) is 9.47 Å². The Morgan fingerprint density at radius 1 is 1.00 bits per heavy atom. The molecule has 0 bridgehead atoms. The lowest BCUT2D eigenvalue weighted by Crippen LogP contribution is -2.15. The van der Waals surface area contributed by atoms with Gasteiger partial charge in [-0.3, -0.25) is 4.79 Å². The molecule has 1 amide bonds. The average molecular weight is 417 g/mol. The number of methoxy groups -OCH3 is 2. The number of ether oxygens (including phenoxy) is 2. The van der Waals surface area contributed by atoms with Crippen LogP contribution < -0.4 is 14.8 Å². The number of imidazole rings is 1. The lowest BCUT2D eigenvalue weighted by molar-refractivity contribution is 0.0697. The van der Waals surface area contributed by atoms with Crippen LogP contribution in [-0.4, -0.2) is 40.6 Å². The Morgan fingerprint density at radius 2 is 1.71 bits per heavy atom. The van der Waals surface area contributed by atoms with Gasteiger partial charge in [0.25, 0.3) is 5.91 Å². The number of benzene rings is 2. The number of hydrogen-bond donors (Lipinski definition) is 2. The van der Waals surface area contributed by atoms with Crippen molar-refractivity contribution in [3.8, 4) is 22.8 Å². The summed E-state index contributed by atoms with van der Waals surface area (Å²) in [5, 5.41) is 12.2. The van der Waals surface area contributed by atoms with Gasteiger partial charge in [-0.15, -0.1) is 0 Å². The van der Waals surface area contributed by atoms with Crippen LogP contribution in [0.15, 0.2) is 67.0 Å². The number of anilines is 1. The molecule has 2 heterocycles. The lowest BCUT2D eigenvalue weighted by Gasteiger charge is -2.13. The maximum Gasteiger partial charge on any atom is 0.337 e. The molecule has 0 aliphatic heterocycles. The van der Waals surface area contributed by atoms with Crippen molar-refractivity contribution in [1.29, 1.82) is 0 Å². The zero-order valence-electron chi connectivity index (χ0n) is 16.8. The Bertz CT molecular complexity index is 1280. The molecule has 0 spiro atoms. The zero-order valence-corrected chi connectivity index (χ0v) is 16.8. The molecule has 31 heavy (non-hydrogen) atoms. The van der Waals surface area contributed by atoms with E-state index in [1.165, 1.54) is 26.4 Å². The van der Waals surface area contributed by atoms with Gasteiger partial charge in [-0.1, -0.05) is 30.3 Å². The molecule has 0 atom stereocenters. The van der Waals surface area contributed by atoms with E-state index in [-0.39, 0.29) is 17.0 Å². The highest BCUT2D eigenvalue weighted by atomic mass is 16.5. The van der Waals surface area contributed by atoms with Gasteiger partial charge in [0.1, 0.15) is 5.65 Å². The number of hydrogen-bond acceptors (Lipinski definition) is 5. The van der Waals surface area contributed by atoms with Crippen molar-refractivity contribution in [3.63, 3.8) is 0 Å². The molecule has 156 valence electrons. The van der Waals surface area contributed by atoms with Crippen molar-refractivity contribution in [3.05, 3.63) is 78.1 Å². The first-order chi connectivity index (χ1) is 15.0. The number of rotatable bonds is 6. The zero-order chi connectivity index (χ0) is 22.0. The van der Waals surface area contributed by atoms with Crippen LogP contribution in [-0.2, 0) is 0 Å². The first-order valence-corrected chi connectivity index (χ1v) is 9.35. The molecule has 8 nitrogen and oxygen atoms in total. The summed E-state index contributed by atoms with van der Waals surface area (Å²) in [5.74, 6) is -1.11. The Morgan fingerprint density at radius 3 is 2.39 bits per heavy atom. The number of carboxylic acids is 1. The molecule has 8 heteroatoms. The Kier molecular flexibility index (Phi) is 5.28. The normalized spacial score (nSPS) is 10.6. The molecular weight excluding hydrogens is 398 g/mol. The monoisotopic (exact) mass is 417 g/mol. The first-order valence-electron chi connectivity index (χ1n) is 9.35. The van der Waals surface area contributed by atoms with Crippen molar-refractivity contribution in [2.24, 2.45) is 0 Å². The fourth-order valence-electron chi connectivity index (χ4n) is 3.22. The molecule has 0 aliphatic rings. The summed E-state index contributed by atoms with van der Waals surface area (Å²) in [6, 6.07) is 15.7. The van der Waals surface area contributed by atoms with E-state index < -0.39 is 11.9 Å². The van der Waals surface area contributed by atoms with Crippen LogP contribution in [0.4, 0.5) is 5.69 Å². The third-order valence-corrected chi connectivity index (χ3v) is 4.79. The third-order valence-electron chi connectivity index (χ3n) is 4.79. The van der Waals surface area contributed by atoms with E-state index >= 15 is 0 Å². The molecule has 2 aromatic heterocycles. The minimum atomic E-state index is -1.20. The number of aromatic nitrogens is 2. The molecule has 0 aliphatic carbocycles. The molecule has 0 radical (unpaired) electrons. The first kappa shape index (κ1) is 20.0. The van der Waals surface area contributed by atoms with Crippen molar-refractivity contribution >= 4 is 23.2 Å². The van der Waals surface area contributed by atoms with Crippen LogP contribution in [0.1, 0.15) is 20.7 Å². The summed E-state index contributed by atoms with van der Waals surface area (Å²) in [4.78, 5) is 29.1. The highest BCUT2D eigenvalue weighted by molar-refractivity contribution is 6.08. The number of carbonyl (C=O) groups is 2. The smallest absolute Gasteiger partial charge is 0.337 e. The van der Waals surface area contributed by atoms with E-state index in [0.717, 1.165) is 11.3 Å². The van der Waals surface area contributed by atoms with Crippen LogP contribution in [0.3, 0.4) is 0 Å². The number of pyridine rings is 1. The van der Waals surface area contributed by atoms with E-state index in [2.05, 4.69) is 10.3 Å². The highest BCUT2D eigenvalue weighted by Crippen LogP contribution is 2.33. The van der Waals surface area contributed by atoms with Gasteiger partial charge >= 0.3 is 5.97 Å². The summed E-state index contributed by atoms with van der Waals surface area (Å²) >= 11 is 0. The summed E-state index contributed by atoms with van der Waals surface area (Å²) < 4.78 is 12.2. The molecule has 4 rings (SSSR count). The second-order valence-electron chi connectivity index (χ2n) is 6.69. The van der Waals surface area contributed by atoms with Gasteiger partial charge in [0.2, 0.25) is 0 Å². The van der Waals surface area contributed by atoms with Gasteiger partial charge in [-0.05, 0) is 12.1 Å². The van der Waals surface area contributed by atoms with Gasteiger partial charge in [-0.25, -0.2) is 9.78 Å². The van der Waals surface area contributed by atoms with E-state index in [9.17, 15) is 14.7 Å². The van der Waals surface area contributed by atoms with Gasteiger partial charge in [-0.2, -0.15) is 0 Å². The Hall–Kier alpha value is -4.33. The number of carbonyl (C=O) groups excluding carboxylic acids is 1. The average Bonchev–Trinajstić information content (AvgIpc) is 3.22. The minimum absolute atomic E-state index is 0.100. The maximum atomic E-state index is 12.9. The number of nitrogens with one attached hydrogen (secondary N) is 1. The Labute approximate surface area is 177 Å². The Balaban J connectivity index is 1.66. The molecule has 2 aromatic carbocycles. The fraction of sp³-hybridized carbons (Fsp3) is 0.0870. The van der Waals surface area contributed by atoms with Crippen molar-refractivity contribution < 1.29 is 24.2 Å². The largest absolute Gasteiger partial charge is 0.493 e. The van der Waals surface area contributed by atoms with Crippen LogP contribution in [0.25, 0.3) is 16.9 Å². The second-order valence-corrected chi connectivity index (χ2v) is 6.69. The number of fused-ring (bicyclic) bond motifs is 1. The van der Waals surface area contributed by atoms with Gasteiger partial charge in [0, 0.05) is 35.7 Å². The standard InChI is InChI=1S/C23H19N3O5/c1-30-19-11-16(23(28)29)17(12-20(19)31-2)25-22(27)15-8-9-26-13-18(24-21(26)10-15)14-6-4-3-5-7-14/h3-13H,1-2H3,(H,25,27)(H,28,29). The van der Waals surface area contributed by atoms with Crippen molar-refractivity contribution in [1.82, 2.24) is 9.38 Å². The van der Waals surface area contributed by atoms with E-state index in [1.807, 2.05) is 40.9 Å². The fourth-order valence-corrected chi connectivity index (χ4v) is 3.22. The quantitative estimate of drug-likeness (QED) is 0.492. The van der Waals surface area contributed by atoms with Crippen LogP contribution in [0, 0.1) is 0 Å². The van der Waals surface area contributed by atoms with Gasteiger partial charge in [0.05, 0.1) is 31.2 Å². The van der Waals surface area contributed by atoms with Gasteiger partial charge < -0.3 is 24.3 Å². The van der Waals surface area contributed by atoms with Gasteiger partial charge in [0.15, 0.2) is 11.5 Å². The number of aromatic carboxylic acids is 1. The predicted molar refractivity (Wildman–Crippen MR) is 115 cm³/mol. The van der Waals surface area contributed by atoms with Crippen LogP contribution in [0.5, 0.6) is 11.5 Å². The minimum Gasteiger partial charge on any atom is -0.493 e. The maximum absolute atomic E-state index is 12.9. The highest BCUT2D eigenvalue weighted by Gasteiger charge is 2.19. The molecule has 2 N–H and O–H groups in total. The summed E-state index contributed by atoms with van der Waals surface area (Å²) in [5.41, 5.74) is 2.67. The summed E-state index contributed by atoms with van der Waals surface area (Å²) in [6.45, 7) is 0. The van der Waals surface area contributed by atoms with Crippen LogP contribution in [0.2, 0.25) is 0 Å². The molecular formula is C23H19N3O5. The summed E-state index contributed by atoms with van der Waals surface area (Å²) in [6.07, 6.45) is 3.61. The van der Waals surface area contributed by atoms with Crippen molar-refractivity contribution in [2.45, 2.75) is 0 Å². The number of carboxylic acid groups (broad SMARTS) is 1. The molecule has 4 aromatic rings. The topological polar surface area (TPSA) is 102 Å². The van der Waals surface area contributed by atoms with Crippen LogP contribution >= 0.6 is 0 Å². The second kappa shape index (κ2) is 8.19. The third kappa shape index (κ3) is 3.91. The van der Waals surface area contributed by atoms with E-state index in [0.29, 0.717) is 17.0 Å². The molecule has 0 saturated carbocycles.